The van der Waals surface area contributed by atoms with Crippen molar-refractivity contribution in [2.45, 2.75) is 90.9 Å². The second kappa shape index (κ2) is 13.1. The summed E-state index contributed by atoms with van der Waals surface area (Å²) in [4.78, 5) is 25.9. The van der Waals surface area contributed by atoms with Crippen LogP contribution in [0.25, 0.3) is 0 Å². The second-order valence-electron chi connectivity index (χ2n) is 10.4. The summed E-state index contributed by atoms with van der Waals surface area (Å²) in [6.45, 7) is 14.9. The fourth-order valence-electron chi connectivity index (χ4n) is 3.58. The number of hydrogen-bond acceptors (Lipinski definition) is 6. The molecule has 0 bridgehead atoms. The first-order valence-electron chi connectivity index (χ1n) is 11.6. The van der Waals surface area contributed by atoms with Crippen molar-refractivity contribution >= 4 is 12.2 Å². The van der Waals surface area contributed by atoms with Gasteiger partial charge in [-0.15, -0.1) is 0 Å². The molecule has 0 radical (unpaired) electrons. The summed E-state index contributed by atoms with van der Waals surface area (Å²) in [6.07, 6.45) is 4.32. The molecular formula is C23H45N3O5. The number of likely N-dealkylation sites (tertiary alicyclic amines) is 1. The summed E-state index contributed by atoms with van der Waals surface area (Å²) in [5, 5.41) is 6.37. The third-order valence-corrected chi connectivity index (χ3v) is 4.92. The lowest BCUT2D eigenvalue weighted by atomic mass is 9.95. The topological polar surface area (TPSA) is 89.1 Å². The van der Waals surface area contributed by atoms with E-state index in [1.54, 1.807) is 7.11 Å². The summed E-state index contributed by atoms with van der Waals surface area (Å²) in [6, 6.07) is 0.232. The van der Waals surface area contributed by atoms with E-state index in [4.69, 9.17) is 14.2 Å². The number of rotatable bonds is 10. The van der Waals surface area contributed by atoms with Gasteiger partial charge in [-0.2, -0.15) is 0 Å². The molecule has 1 aliphatic heterocycles. The van der Waals surface area contributed by atoms with Gasteiger partial charge in [0.05, 0.1) is 6.61 Å². The van der Waals surface area contributed by atoms with Crippen LogP contribution in [0.1, 0.15) is 73.6 Å². The van der Waals surface area contributed by atoms with Crippen LogP contribution in [0.5, 0.6) is 0 Å². The van der Waals surface area contributed by atoms with Crippen molar-refractivity contribution in [1.82, 2.24) is 15.5 Å². The van der Waals surface area contributed by atoms with E-state index < -0.39 is 11.2 Å². The zero-order valence-corrected chi connectivity index (χ0v) is 20.7. The van der Waals surface area contributed by atoms with Crippen molar-refractivity contribution in [2.24, 2.45) is 5.92 Å². The number of carbonyl (C=O) groups is 2. The Morgan fingerprint density at radius 2 is 1.74 bits per heavy atom. The van der Waals surface area contributed by atoms with Gasteiger partial charge in [0, 0.05) is 32.8 Å². The maximum atomic E-state index is 12.3. The monoisotopic (exact) mass is 443 g/mol. The molecule has 0 aromatic heterocycles. The molecule has 2 N–H and O–H groups in total. The number of alkyl carbamates (subject to hydrolysis) is 1. The predicted octanol–water partition coefficient (Wildman–Crippen LogP) is 3.93. The molecule has 1 fully saturated rings. The lowest BCUT2D eigenvalue weighted by Gasteiger charge is -2.34. The molecule has 0 aromatic rings. The van der Waals surface area contributed by atoms with E-state index in [2.05, 4.69) is 10.6 Å². The molecule has 182 valence electrons. The zero-order chi connectivity index (χ0) is 23.5. The van der Waals surface area contributed by atoms with Crippen LogP contribution in [-0.4, -0.2) is 74.2 Å². The van der Waals surface area contributed by atoms with E-state index in [9.17, 15) is 9.59 Å². The highest BCUT2D eigenvalue weighted by Crippen LogP contribution is 2.21. The number of ether oxygens (including phenoxy) is 3. The second-order valence-corrected chi connectivity index (χ2v) is 10.4. The van der Waals surface area contributed by atoms with Crippen molar-refractivity contribution in [3.05, 3.63) is 0 Å². The zero-order valence-electron chi connectivity index (χ0n) is 20.7. The molecule has 1 aliphatic rings. The summed E-state index contributed by atoms with van der Waals surface area (Å²) in [5.74, 6) is 0.478. The van der Waals surface area contributed by atoms with Crippen molar-refractivity contribution in [2.75, 3.05) is 39.9 Å². The third kappa shape index (κ3) is 13.5. The van der Waals surface area contributed by atoms with Crippen molar-refractivity contribution in [1.29, 1.82) is 0 Å². The molecule has 1 heterocycles. The Hall–Kier alpha value is -1.54. The van der Waals surface area contributed by atoms with Gasteiger partial charge in [0.1, 0.15) is 11.2 Å². The molecule has 2 unspecified atom stereocenters. The van der Waals surface area contributed by atoms with Crippen LogP contribution in [0, 0.1) is 5.92 Å². The normalized spacial score (nSPS) is 18.4. The van der Waals surface area contributed by atoms with Crippen LogP contribution in [0.4, 0.5) is 9.59 Å². The molecule has 0 aliphatic carbocycles. The molecule has 31 heavy (non-hydrogen) atoms. The average molecular weight is 444 g/mol. The van der Waals surface area contributed by atoms with Crippen LogP contribution in [-0.2, 0) is 14.2 Å². The van der Waals surface area contributed by atoms with Crippen molar-refractivity contribution < 1.29 is 23.8 Å². The highest BCUT2D eigenvalue weighted by molar-refractivity contribution is 5.68. The predicted molar refractivity (Wildman–Crippen MR) is 122 cm³/mol. The lowest BCUT2D eigenvalue weighted by Crippen LogP contribution is -2.44. The van der Waals surface area contributed by atoms with Crippen LogP contribution in [0.15, 0.2) is 0 Å². The average Bonchev–Trinajstić information content (AvgIpc) is 2.62. The van der Waals surface area contributed by atoms with E-state index in [1.165, 1.54) is 0 Å². The first-order valence-corrected chi connectivity index (χ1v) is 11.6. The van der Waals surface area contributed by atoms with Crippen molar-refractivity contribution in [3.8, 4) is 0 Å². The van der Waals surface area contributed by atoms with Gasteiger partial charge in [-0.3, -0.25) is 0 Å². The van der Waals surface area contributed by atoms with Crippen LogP contribution < -0.4 is 10.6 Å². The van der Waals surface area contributed by atoms with Gasteiger partial charge < -0.3 is 29.7 Å². The van der Waals surface area contributed by atoms with Gasteiger partial charge >= 0.3 is 12.2 Å². The first kappa shape index (κ1) is 27.5. The maximum absolute atomic E-state index is 12.3. The molecule has 2 amide bonds. The lowest BCUT2D eigenvalue weighted by molar-refractivity contribution is 0.0161. The van der Waals surface area contributed by atoms with Crippen molar-refractivity contribution in [3.63, 3.8) is 0 Å². The minimum Gasteiger partial charge on any atom is -0.444 e. The van der Waals surface area contributed by atoms with E-state index in [1.807, 2.05) is 46.4 Å². The summed E-state index contributed by atoms with van der Waals surface area (Å²) < 4.78 is 16.1. The Morgan fingerprint density at radius 1 is 1.06 bits per heavy atom. The van der Waals surface area contributed by atoms with Crippen LogP contribution >= 0.6 is 0 Å². The fourth-order valence-corrected chi connectivity index (χ4v) is 3.58. The number of carbonyl (C=O) groups excluding carboxylic acids is 2. The Kier molecular flexibility index (Phi) is 11.6. The molecule has 8 heteroatoms. The van der Waals surface area contributed by atoms with Gasteiger partial charge in [0.15, 0.2) is 0 Å². The molecule has 1 rings (SSSR count). The standard InChI is InChI=1S/C23H45N3O5/c1-22(2,3)30-20(27)25-13-8-11-19(17-29-7)24-14-12-18-10-9-15-26(16-18)21(28)31-23(4,5)6/h18-19,24H,8-17H2,1-7H3,(H,25,27). The summed E-state index contributed by atoms with van der Waals surface area (Å²) in [7, 11) is 1.70. The molecular weight excluding hydrogens is 398 g/mol. The highest BCUT2D eigenvalue weighted by atomic mass is 16.6. The molecule has 0 spiro atoms. The Morgan fingerprint density at radius 3 is 2.35 bits per heavy atom. The smallest absolute Gasteiger partial charge is 0.410 e. The SMILES string of the molecule is COCC(CCCNC(=O)OC(C)(C)C)NCCC1CCCN(C(=O)OC(C)(C)C)C1. The number of hydrogen-bond donors (Lipinski definition) is 2. The number of amides is 2. The number of methoxy groups -OCH3 is 1. The summed E-state index contributed by atoms with van der Waals surface area (Å²) >= 11 is 0. The Bertz CT molecular complexity index is 542. The van der Waals surface area contributed by atoms with Gasteiger partial charge in [-0.1, -0.05) is 0 Å². The van der Waals surface area contributed by atoms with E-state index >= 15 is 0 Å². The van der Waals surface area contributed by atoms with Gasteiger partial charge in [-0.25, -0.2) is 9.59 Å². The summed E-state index contributed by atoms with van der Waals surface area (Å²) in [5.41, 5.74) is -0.945. The first-order chi connectivity index (χ1) is 14.4. The van der Waals surface area contributed by atoms with Crippen LogP contribution in [0.2, 0.25) is 0 Å². The quantitative estimate of drug-likeness (QED) is 0.497. The third-order valence-electron chi connectivity index (χ3n) is 4.92. The van der Waals surface area contributed by atoms with E-state index in [0.29, 0.717) is 19.1 Å². The maximum Gasteiger partial charge on any atom is 0.410 e. The molecule has 0 saturated carbocycles. The minimum atomic E-state index is -0.484. The van der Waals surface area contributed by atoms with Gasteiger partial charge in [0.25, 0.3) is 0 Å². The minimum absolute atomic E-state index is 0.208. The highest BCUT2D eigenvalue weighted by Gasteiger charge is 2.27. The number of nitrogens with one attached hydrogen (secondary N) is 2. The van der Waals surface area contributed by atoms with Gasteiger partial charge in [0.2, 0.25) is 0 Å². The Balaban J connectivity index is 2.30. The Labute approximate surface area is 188 Å². The van der Waals surface area contributed by atoms with Crippen LogP contribution in [0.3, 0.4) is 0 Å². The van der Waals surface area contributed by atoms with E-state index in [-0.39, 0.29) is 18.2 Å². The molecule has 2 atom stereocenters. The number of nitrogens with zero attached hydrogens (tertiary/aromatic N) is 1. The molecule has 0 aromatic carbocycles. The number of piperidine rings is 1. The van der Waals surface area contributed by atoms with Gasteiger partial charge in [-0.05, 0) is 86.1 Å². The fraction of sp³-hybridized carbons (Fsp3) is 0.913. The molecule has 1 saturated heterocycles. The largest absolute Gasteiger partial charge is 0.444 e. The molecule has 8 nitrogen and oxygen atoms in total. The van der Waals surface area contributed by atoms with E-state index in [0.717, 1.165) is 51.7 Å².